The second kappa shape index (κ2) is 7.84. The van der Waals surface area contributed by atoms with Crippen LogP contribution in [0.5, 0.6) is 0 Å². The quantitative estimate of drug-likeness (QED) is 0.628. The second-order valence-electron chi connectivity index (χ2n) is 7.46. The van der Waals surface area contributed by atoms with Gasteiger partial charge in [0.1, 0.15) is 23.5 Å². The first kappa shape index (κ1) is 20.5. The van der Waals surface area contributed by atoms with Crippen molar-refractivity contribution in [3.8, 4) is 11.4 Å². The molecule has 0 aliphatic carbocycles. The molecule has 30 heavy (non-hydrogen) atoms. The molecule has 2 unspecified atom stereocenters. The van der Waals surface area contributed by atoms with E-state index in [1.165, 1.54) is 29.2 Å². The Labute approximate surface area is 172 Å². The van der Waals surface area contributed by atoms with Gasteiger partial charge >= 0.3 is 0 Å². The lowest BCUT2D eigenvalue weighted by molar-refractivity contribution is 0.144. The number of sulfonamides is 1. The molecule has 1 N–H and O–H groups in total. The Balaban J connectivity index is 1.61. The van der Waals surface area contributed by atoms with Crippen molar-refractivity contribution in [2.45, 2.75) is 25.8 Å². The summed E-state index contributed by atoms with van der Waals surface area (Å²) in [6.07, 6.45) is 2.22. The lowest BCUT2D eigenvalue weighted by atomic mass is 10.1. The number of aromatic nitrogens is 5. The zero-order valence-corrected chi connectivity index (χ0v) is 17.2. The Bertz CT molecular complexity index is 1170. The van der Waals surface area contributed by atoms with Crippen molar-refractivity contribution in [2.75, 3.05) is 24.2 Å². The molecule has 2 atom stereocenters. The van der Waals surface area contributed by atoms with Crippen LogP contribution in [0.25, 0.3) is 17.0 Å². The molecule has 0 bridgehead atoms. The highest BCUT2D eigenvalue weighted by Gasteiger charge is 2.30. The number of nitrogens with zero attached hydrogens (tertiary/aromatic N) is 6. The van der Waals surface area contributed by atoms with E-state index in [2.05, 4.69) is 29.7 Å². The van der Waals surface area contributed by atoms with Crippen molar-refractivity contribution in [2.24, 2.45) is 5.92 Å². The highest BCUT2D eigenvalue weighted by molar-refractivity contribution is 7.88. The van der Waals surface area contributed by atoms with Gasteiger partial charge in [-0.15, -0.1) is 0 Å². The van der Waals surface area contributed by atoms with Crippen LogP contribution in [0.3, 0.4) is 0 Å². The van der Waals surface area contributed by atoms with E-state index in [0.717, 1.165) is 12.7 Å². The first-order valence-corrected chi connectivity index (χ1v) is 11.3. The molecular weight excluding hydrogens is 416 g/mol. The van der Waals surface area contributed by atoms with Crippen LogP contribution in [0.2, 0.25) is 0 Å². The van der Waals surface area contributed by atoms with E-state index < -0.39 is 16.4 Å². The summed E-state index contributed by atoms with van der Waals surface area (Å²) in [5, 5.41) is 3.98. The number of hydrogen-bond acceptors (Lipinski definition) is 7. The minimum absolute atomic E-state index is 0.152. The summed E-state index contributed by atoms with van der Waals surface area (Å²) in [5.41, 5.74) is 1.09. The molecule has 1 fully saturated rings. The van der Waals surface area contributed by atoms with Gasteiger partial charge in [-0.1, -0.05) is 0 Å². The number of rotatable bonds is 6. The van der Waals surface area contributed by atoms with Gasteiger partial charge in [-0.05, 0) is 31.4 Å². The number of imidazole rings is 1. The fourth-order valence-electron chi connectivity index (χ4n) is 3.70. The van der Waals surface area contributed by atoms with Crippen molar-refractivity contribution in [1.82, 2.24) is 29.3 Å². The summed E-state index contributed by atoms with van der Waals surface area (Å²) in [6.45, 7) is 3.05. The zero-order valence-electron chi connectivity index (χ0n) is 16.4. The molecule has 0 radical (unpaired) electrons. The van der Waals surface area contributed by atoms with E-state index in [-0.39, 0.29) is 17.7 Å². The Kier molecular flexibility index (Phi) is 5.36. The van der Waals surface area contributed by atoms with Crippen molar-refractivity contribution in [3.63, 3.8) is 0 Å². The van der Waals surface area contributed by atoms with Crippen LogP contribution < -0.4 is 9.62 Å². The molecule has 0 saturated carbocycles. The number of nitrogens with one attached hydrogen (secondary N) is 1. The molecule has 0 aromatic carbocycles. The van der Waals surface area contributed by atoms with Crippen LogP contribution in [0.1, 0.15) is 25.5 Å². The third-order valence-corrected chi connectivity index (χ3v) is 5.80. The van der Waals surface area contributed by atoms with Gasteiger partial charge in [-0.3, -0.25) is 0 Å². The van der Waals surface area contributed by atoms with Gasteiger partial charge in [0, 0.05) is 25.2 Å². The Morgan fingerprint density at radius 3 is 2.80 bits per heavy atom. The molecule has 160 valence electrons. The Hall–Kier alpha value is -2.73. The minimum atomic E-state index is -3.24. The first-order valence-electron chi connectivity index (χ1n) is 9.38. The molecule has 0 amide bonds. The summed E-state index contributed by atoms with van der Waals surface area (Å²) in [7, 11) is -3.24. The minimum Gasteiger partial charge on any atom is -0.353 e. The van der Waals surface area contributed by atoms with E-state index in [1.807, 2.05) is 6.92 Å². The van der Waals surface area contributed by atoms with Crippen LogP contribution in [-0.2, 0) is 10.0 Å². The van der Waals surface area contributed by atoms with Crippen LogP contribution in [-0.4, -0.2) is 58.4 Å². The summed E-state index contributed by atoms with van der Waals surface area (Å²) >= 11 is 0. The topological polar surface area (TPSA) is 105 Å². The van der Waals surface area contributed by atoms with Crippen LogP contribution >= 0.6 is 0 Å². The molecule has 1 aliphatic heterocycles. The molecule has 12 heteroatoms. The third kappa shape index (κ3) is 4.24. The lowest BCUT2D eigenvalue weighted by Gasteiger charge is -2.22. The standard InChI is InChI=1S/C18H21F2N7O2S/c1-11-5-12(7-24-30(2,28)29)9-26(11)17-6-14(22-10-23-17)15-8-21-16-4-3-13(18(19)20)25-27(15)16/h3-4,6,8,10-12,18,24H,5,7,9H2,1-2H3. The molecule has 4 heterocycles. The predicted molar refractivity (Wildman–Crippen MR) is 107 cm³/mol. The van der Waals surface area contributed by atoms with E-state index in [9.17, 15) is 17.2 Å². The van der Waals surface area contributed by atoms with Gasteiger partial charge in [0.2, 0.25) is 10.0 Å². The summed E-state index contributed by atoms with van der Waals surface area (Å²) in [5.74, 6) is 0.827. The number of alkyl halides is 2. The third-order valence-electron chi connectivity index (χ3n) is 5.11. The van der Waals surface area contributed by atoms with Crippen molar-refractivity contribution in [3.05, 3.63) is 36.4 Å². The van der Waals surface area contributed by atoms with Gasteiger partial charge in [-0.2, -0.15) is 5.10 Å². The summed E-state index contributed by atoms with van der Waals surface area (Å²) < 4.78 is 52.7. The van der Waals surface area contributed by atoms with Gasteiger partial charge < -0.3 is 4.90 Å². The fourth-order valence-corrected chi connectivity index (χ4v) is 4.24. The first-order chi connectivity index (χ1) is 14.2. The van der Waals surface area contributed by atoms with Crippen LogP contribution in [0.4, 0.5) is 14.6 Å². The van der Waals surface area contributed by atoms with Crippen LogP contribution in [0, 0.1) is 5.92 Å². The van der Waals surface area contributed by atoms with Gasteiger partial charge in [0.15, 0.2) is 5.65 Å². The Morgan fingerprint density at radius 2 is 2.07 bits per heavy atom. The molecule has 1 aliphatic rings. The number of anilines is 1. The zero-order chi connectivity index (χ0) is 21.5. The van der Waals surface area contributed by atoms with E-state index in [4.69, 9.17) is 0 Å². The Morgan fingerprint density at radius 1 is 1.27 bits per heavy atom. The van der Waals surface area contributed by atoms with Crippen molar-refractivity contribution < 1.29 is 17.2 Å². The lowest BCUT2D eigenvalue weighted by Crippen LogP contribution is -2.31. The number of halogens is 2. The molecule has 1 saturated heterocycles. The highest BCUT2D eigenvalue weighted by Crippen LogP contribution is 2.29. The molecule has 3 aromatic heterocycles. The van der Waals surface area contributed by atoms with E-state index in [1.54, 1.807) is 6.07 Å². The number of hydrogen-bond donors (Lipinski definition) is 1. The monoisotopic (exact) mass is 437 g/mol. The predicted octanol–water partition coefficient (Wildman–Crippen LogP) is 1.89. The average molecular weight is 437 g/mol. The van der Waals surface area contributed by atoms with Crippen LogP contribution in [0.15, 0.2) is 30.7 Å². The normalized spacial score (nSPS) is 19.8. The molecule has 9 nitrogen and oxygen atoms in total. The summed E-state index contributed by atoms with van der Waals surface area (Å²) in [4.78, 5) is 14.9. The fraction of sp³-hybridized carbons (Fsp3) is 0.444. The smallest absolute Gasteiger partial charge is 0.282 e. The molecule has 3 aromatic rings. The highest BCUT2D eigenvalue weighted by atomic mass is 32.2. The van der Waals surface area contributed by atoms with Gasteiger partial charge in [0.05, 0.1) is 18.1 Å². The SMILES string of the molecule is CC1CC(CNS(C)(=O)=O)CN1c1cc(-c2cnc3ccc(C(F)F)nn23)ncn1. The maximum atomic E-state index is 13.0. The second-order valence-corrected chi connectivity index (χ2v) is 9.29. The molecule has 4 rings (SSSR count). The largest absolute Gasteiger partial charge is 0.353 e. The maximum absolute atomic E-state index is 13.0. The van der Waals surface area contributed by atoms with E-state index >= 15 is 0 Å². The van der Waals surface area contributed by atoms with Gasteiger partial charge in [0.25, 0.3) is 6.43 Å². The summed E-state index contributed by atoms with van der Waals surface area (Å²) in [6, 6.07) is 4.66. The van der Waals surface area contributed by atoms with E-state index in [0.29, 0.717) is 35.9 Å². The average Bonchev–Trinajstić information content (AvgIpc) is 3.28. The molecule has 0 spiro atoms. The molecular formula is C18H21F2N7O2S. The van der Waals surface area contributed by atoms with Gasteiger partial charge in [-0.25, -0.2) is 41.4 Å². The maximum Gasteiger partial charge on any atom is 0.282 e. The van der Waals surface area contributed by atoms with Crippen molar-refractivity contribution in [1.29, 1.82) is 0 Å². The number of fused-ring (bicyclic) bond motifs is 1. The van der Waals surface area contributed by atoms with Crippen molar-refractivity contribution >= 4 is 21.5 Å².